The molecule has 0 bridgehead atoms. The normalized spacial score (nSPS) is 11.9. The van der Waals surface area contributed by atoms with E-state index in [1.807, 2.05) is 0 Å². The van der Waals surface area contributed by atoms with Gasteiger partial charge in [0.05, 0.1) is 15.3 Å². The van der Waals surface area contributed by atoms with Crippen LogP contribution in [0.3, 0.4) is 0 Å². The van der Waals surface area contributed by atoms with E-state index in [9.17, 15) is 26.4 Å². The molecule has 0 aliphatic heterocycles. The van der Waals surface area contributed by atoms with Gasteiger partial charge in [-0.15, -0.1) is 11.3 Å². The van der Waals surface area contributed by atoms with Crippen molar-refractivity contribution in [3.8, 4) is 11.1 Å². The van der Waals surface area contributed by atoms with E-state index >= 15 is 0 Å². The van der Waals surface area contributed by atoms with Crippen LogP contribution < -0.4 is 4.72 Å². The fourth-order valence-corrected chi connectivity index (χ4v) is 5.74. The van der Waals surface area contributed by atoms with Gasteiger partial charge in [0.15, 0.2) is 0 Å². The lowest BCUT2D eigenvalue weighted by molar-refractivity contribution is -0.137. The molecule has 0 aliphatic carbocycles. The maximum absolute atomic E-state index is 13.0. The molecule has 4 nitrogen and oxygen atoms in total. The molecule has 9 heteroatoms. The Labute approximate surface area is 205 Å². The van der Waals surface area contributed by atoms with Crippen molar-refractivity contribution in [2.45, 2.75) is 24.4 Å². The van der Waals surface area contributed by atoms with Gasteiger partial charge in [-0.1, -0.05) is 60.7 Å². The molecule has 1 amide bonds. The molecular weight excluding hydrogens is 495 g/mol. The van der Waals surface area contributed by atoms with Crippen molar-refractivity contribution in [2.24, 2.45) is 0 Å². The first kappa shape index (κ1) is 24.7. The minimum Gasteiger partial charge on any atom is -0.267 e. The number of hydrogen-bond acceptors (Lipinski definition) is 4. The van der Waals surface area contributed by atoms with Crippen LogP contribution in [0.1, 0.15) is 31.9 Å². The molecular formula is C26H20F3NO3S2. The molecule has 0 unspecified atom stereocenters. The predicted molar refractivity (Wildman–Crippen MR) is 130 cm³/mol. The number of benzene rings is 3. The number of nitrogens with one attached hydrogen (secondary N) is 1. The SMILES string of the molecule is Cc1ccsc1C(=O)NS(=O)(=O)c1ccccc1-c1ccc(Cc2cccc(C(F)(F)F)c2)cc1. The molecule has 3 aromatic carbocycles. The average Bonchev–Trinajstić information content (AvgIpc) is 3.25. The van der Waals surface area contributed by atoms with Crippen molar-refractivity contribution >= 4 is 27.3 Å². The van der Waals surface area contributed by atoms with Gasteiger partial charge in [-0.25, -0.2) is 13.1 Å². The lowest BCUT2D eigenvalue weighted by Gasteiger charge is -2.12. The van der Waals surface area contributed by atoms with Gasteiger partial charge in [0, 0.05) is 5.56 Å². The van der Waals surface area contributed by atoms with Gasteiger partial charge in [-0.05, 0) is 59.2 Å². The van der Waals surface area contributed by atoms with Crippen LogP contribution in [0.5, 0.6) is 0 Å². The third-order valence-corrected chi connectivity index (χ3v) is 7.80. The maximum atomic E-state index is 13.0. The number of halogens is 3. The minimum atomic E-state index is -4.41. The Morgan fingerprint density at radius 1 is 0.914 bits per heavy atom. The molecule has 35 heavy (non-hydrogen) atoms. The second-order valence-corrected chi connectivity index (χ2v) is 10.5. The molecule has 0 saturated heterocycles. The predicted octanol–water partition coefficient (Wildman–Crippen LogP) is 6.45. The van der Waals surface area contributed by atoms with Crippen molar-refractivity contribution in [1.82, 2.24) is 4.72 Å². The molecule has 1 N–H and O–H groups in total. The Kier molecular flexibility index (Phi) is 6.82. The molecule has 0 radical (unpaired) electrons. The Morgan fingerprint density at radius 2 is 1.63 bits per heavy atom. The number of sulfonamides is 1. The fraction of sp³-hybridized carbons (Fsp3) is 0.115. The zero-order valence-electron chi connectivity index (χ0n) is 18.5. The van der Waals surface area contributed by atoms with Crippen molar-refractivity contribution in [2.75, 3.05) is 0 Å². The van der Waals surface area contributed by atoms with E-state index in [1.165, 1.54) is 12.1 Å². The molecule has 1 heterocycles. The first-order chi connectivity index (χ1) is 16.5. The van der Waals surface area contributed by atoms with E-state index < -0.39 is 27.7 Å². The van der Waals surface area contributed by atoms with Gasteiger partial charge in [-0.3, -0.25) is 4.79 Å². The van der Waals surface area contributed by atoms with E-state index in [1.54, 1.807) is 66.9 Å². The molecule has 0 spiro atoms. The molecule has 0 atom stereocenters. The highest BCUT2D eigenvalue weighted by molar-refractivity contribution is 7.90. The van der Waals surface area contributed by atoms with Crippen LogP contribution in [0.25, 0.3) is 11.1 Å². The summed E-state index contributed by atoms with van der Waals surface area (Å²) in [7, 11) is -4.16. The van der Waals surface area contributed by atoms with Crippen LogP contribution in [0.4, 0.5) is 13.2 Å². The summed E-state index contributed by atoms with van der Waals surface area (Å²) in [6.07, 6.45) is -4.12. The molecule has 4 aromatic rings. The zero-order chi connectivity index (χ0) is 25.2. The van der Waals surface area contributed by atoms with Crippen molar-refractivity contribution in [1.29, 1.82) is 0 Å². The summed E-state index contributed by atoms with van der Waals surface area (Å²) in [5.41, 5.74) is 2.27. The monoisotopic (exact) mass is 515 g/mol. The fourth-order valence-electron chi connectivity index (χ4n) is 3.66. The maximum Gasteiger partial charge on any atom is 0.416 e. The van der Waals surface area contributed by atoms with Gasteiger partial charge in [0.25, 0.3) is 15.9 Å². The van der Waals surface area contributed by atoms with Crippen LogP contribution in [0.15, 0.2) is 89.1 Å². The molecule has 0 saturated carbocycles. The first-order valence-electron chi connectivity index (χ1n) is 10.5. The number of amides is 1. The highest BCUT2D eigenvalue weighted by Gasteiger charge is 2.30. The summed E-state index contributed by atoms with van der Waals surface area (Å²) in [6, 6.07) is 20.1. The van der Waals surface area contributed by atoms with E-state index in [4.69, 9.17) is 0 Å². The third-order valence-electron chi connectivity index (χ3n) is 5.40. The van der Waals surface area contributed by atoms with Crippen LogP contribution in [-0.2, 0) is 22.6 Å². The number of rotatable bonds is 6. The molecule has 4 rings (SSSR count). The quantitative estimate of drug-likeness (QED) is 0.321. The van der Waals surface area contributed by atoms with Crippen molar-refractivity contribution < 1.29 is 26.4 Å². The largest absolute Gasteiger partial charge is 0.416 e. The van der Waals surface area contributed by atoms with Gasteiger partial charge in [-0.2, -0.15) is 13.2 Å². The summed E-state index contributed by atoms with van der Waals surface area (Å²) >= 11 is 1.16. The summed E-state index contributed by atoms with van der Waals surface area (Å²) in [6.45, 7) is 1.73. The Morgan fingerprint density at radius 3 is 2.29 bits per heavy atom. The first-order valence-corrected chi connectivity index (χ1v) is 12.9. The Bertz CT molecular complexity index is 1470. The molecule has 1 aromatic heterocycles. The summed E-state index contributed by atoms with van der Waals surface area (Å²) in [5.74, 6) is -0.691. The molecule has 180 valence electrons. The number of aryl methyl sites for hydroxylation is 1. The van der Waals surface area contributed by atoms with Crippen LogP contribution in [0, 0.1) is 6.92 Å². The minimum absolute atomic E-state index is 0.0480. The topological polar surface area (TPSA) is 63.2 Å². The van der Waals surface area contributed by atoms with Crippen molar-refractivity contribution in [3.63, 3.8) is 0 Å². The summed E-state index contributed by atoms with van der Waals surface area (Å²) in [4.78, 5) is 12.8. The highest BCUT2D eigenvalue weighted by Crippen LogP contribution is 2.31. The molecule has 0 aliphatic rings. The summed E-state index contributed by atoms with van der Waals surface area (Å²) in [5, 5.41) is 1.71. The average molecular weight is 516 g/mol. The Hall–Kier alpha value is -3.43. The lowest BCUT2D eigenvalue weighted by atomic mass is 9.99. The van der Waals surface area contributed by atoms with Crippen LogP contribution >= 0.6 is 11.3 Å². The lowest BCUT2D eigenvalue weighted by Crippen LogP contribution is -2.30. The molecule has 0 fully saturated rings. The number of carbonyl (C=O) groups is 1. The number of carbonyl (C=O) groups excluding carboxylic acids is 1. The highest BCUT2D eigenvalue weighted by atomic mass is 32.2. The third kappa shape index (κ3) is 5.63. The standard InChI is InChI=1S/C26H20F3NO3S2/c1-17-13-14-34-24(17)25(31)30-35(32,33)23-8-3-2-7-22(23)20-11-9-18(10-12-20)15-19-5-4-6-21(16-19)26(27,28)29/h2-14,16H,15H2,1H3,(H,30,31). The van der Waals surface area contributed by atoms with Gasteiger partial charge in [0.1, 0.15) is 0 Å². The smallest absolute Gasteiger partial charge is 0.267 e. The number of thiophene rings is 1. The van der Waals surface area contributed by atoms with E-state index in [0.717, 1.165) is 29.0 Å². The Balaban J connectivity index is 1.58. The van der Waals surface area contributed by atoms with Gasteiger partial charge >= 0.3 is 6.18 Å². The van der Waals surface area contributed by atoms with E-state index in [2.05, 4.69) is 4.72 Å². The van der Waals surface area contributed by atoms with Crippen LogP contribution in [0.2, 0.25) is 0 Å². The zero-order valence-corrected chi connectivity index (χ0v) is 20.1. The van der Waals surface area contributed by atoms with Gasteiger partial charge < -0.3 is 0 Å². The number of hydrogen-bond donors (Lipinski definition) is 1. The van der Waals surface area contributed by atoms with Gasteiger partial charge in [0.2, 0.25) is 0 Å². The van der Waals surface area contributed by atoms with E-state index in [0.29, 0.717) is 33.6 Å². The second kappa shape index (κ2) is 9.67. The summed E-state index contributed by atoms with van der Waals surface area (Å²) < 4.78 is 67.2. The van der Waals surface area contributed by atoms with Crippen molar-refractivity contribution in [3.05, 3.63) is 111 Å². The van der Waals surface area contributed by atoms with Crippen LogP contribution in [-0.4, -0.2) is 14.3 Å². The van der Waals surface area contributed by atoms with E-state index in [-0.39, 0.29) is 4.90 Å². The number of alkyl halides is 3. The second-order valence-electron chi connectivity index (χ2n) is 7.94.